The molecule has 96 valence electrons. The highest BCUT2D eigenvalue weighted by Crippen LogP contribution is 2.19. The molecule has 0 unspecified atom stereocenters. The molecule has 1 aromatic heterocycles. The zero-order valence-corrected chi connectivity index (χ0v) is 13.2. The zero-order chi connectivity index (χ0) is 13.2. The van der Waals surface area contributed by atoms with Crippen molar-refractivity contribution < 1.29 is 0 Å². The summed E-state index contributed by atoms with van der Waals surface area (Å²) < 4.78 is 1.95. The van der Waals surface area contributed by atoms with Crippen LogP contribution in [0.15, 0.2) is 35.7 Å². The van der Waals surface area contributed by atoms with E-state index in [4.69, 9.17) is 0 Å². The summed E-state index contributed by atoms with van der Waals surface area (Å²) in [6, 6.07) is 9.02. The van der Waals surface area contributed by atoms with Crippen LogP contribution in [0.3, 0.4) is 0 Å². The Hall–Kier alpha value is -1.07. The molecule has 1 aromatic carbocycles. The van der Waals surface area contributed by atoms with E-state index in [1.807, 2.05) is 11.6 Å². The minimum Gasteiger partial charge on any atom is -0.312 e. The molecule has 0 aliphatic heterocycles. The number of hydrogen-bond donors (Lipinski definition) is 0. The molecule has 5 heteroatoms. The monoisotopic (exact) mass is 277 g/mol. The van der Waals surface area contributed by atoms with Gasteiger partial charge in [0.2, 0.25) is 0 Å². The zero-order valence-electron chi connectivity index (χ0n) is 11.3. The van der Waals surface area contributed by atoms with Gasteiger partial charge in [-0.25, -0.2) is 0 Å². The molecule has 0 N–H and O–H groups in total. The topological polar surface area (TPSA) is 30.7 Å². The third-order valence-electron chi connectivity index (χ3n) is 2.86. The smallest absolute Gasteiger partial charge is 0.191 e. The van der Waals surface area contributed by atoms with Gasteiger partial charge < -0.3 is 4.57 Å². The lowest BCUT2D eigenvalue weighted by molar-refractivity contribution is 0.788. The number of thioether (sulfide) groups is 1. The maximum Gasteiger partial charge on any atom is 0.191 e. The maximum absolute atomic E-state index is 4.07. The third kappa shape index (κ3) is 3.23. The van der Waals surface area contributed by atoms with Crippen LogP contribution in [-0.2, 0) is 12.8 Å². The Labute approximate surface area is 114 Å². The van der Waals surface area contributed by atoms with E-state index in [2.05, 4.69) is 54.1 Å². The van der Waals surface area contributed by atoms with Gasteiger partial charge >= 0.3 is 0 Å². The lowest BCUT2D eigenvalue weighted by atomic mass is 10.2. The highest BCUT2D eigenvalue weighted by Gasteiger charge is 2.15. The van der Waals surface area contributed by atoms with Crippen molar-refractivity contribution in [3.8, 4) is 0 Å². The van der Waals surface area contributed by atoms with Gasteiger partial charge in [-0.05, 0) is 5.56 Å². The van der Waals surface area contributed by atoms with Gasteiger partial charge in [-0.15, -0.1) is 10.2 Å². The molecule has 0 aliphatic rings. The molecule has 0 saturated heterocycles. The van der Waals surface area contributed by atoms with E-state index in [9.17, 15) is 0 Å². The van der Waals surface area contributed by atoms with Crippen molar-refractivity contribution in [1.29, 1.82) is 0 Å². The first-order valence-corrected chi connectivity index (χ1v) is 10.5. The predicted octanol–water partition coefficient (Wildman–Crippen LogP) is 2.65. The minimum absolute atomic E-state index is 0.943. The number of benzene rings is 1. The Balaban J connectivity index is 2.01. The van der Waals surface area contributed by atoms with E-state index in [0.717, 1.165) is 10.9 Å². The first-order chi connectivity index (χ1) is 8.47. The second-order valence-electron chi connectivity index (χ2n) is 5.46. The summed E-state index contributed by atoms with van der Waals surface area (Å²) in [5.74, 6) is 0.943. The van der Waals surface area contributed by atoms with Gasteiger partial charge in [-0.3, -0.25) is 0 Å². The average Bonchev–Trinajstić information content (AvgIpc) is 2.72. The average molecular weight is 277 g/mol. The minimum atomic E-state index is -1.17. The molecule has 2 aromatic rings. The number of nitrogens with zero attached hydrogens (tertiary/aromatic N) is 3. The summed E-state index contributed by atoms with van der Waals surface area (Å²) in [5, 5.41) is 10.4. The van der Waals surface area contributed by atoms with E-state index in [1.54, 1.807) is 18.1 Å². The number of rotatable bonds is 4. The maximum atomic E-state index is 4.07. The van der Waals surface area contributed by atoms with Gasteiger partial charge in [0.1, 0.15) is 6.33 Å². The van der Waals surface area contributed by atoms with Gasteiger partial charge in [0, 0.05) is 12.8 Å². The van der Waals surface area contributed by atoms with E-state index in [0.29, 0.717) is 0 Å². The molecule has 0 radical (unpaired) electrons. The van der Waals surface area contributed by atoms with Crippen LogP contribution in [0, 0.1) is 0 Å². The largest absolute Gasteiger partial charge is 0.312 e. The first-order valence-electron chi connectivity index (χ1n) is 6.03. The molecule has 18 heavy (non-hydrogen) atoms. The Bertz CT molecular complexity index is 514. The lowest BCUT2D eigenvalue weighted by Gasteiger charge is -2.16. The van der Waals surface area contributed by atoms with Crippen molar-refractivity contribution >= 4 is 25.0 Å². The van der Waals surface area contributed by atoms with Crippen molar-refractivity contribution in [2.75, 3.05) is 0 Å². The summed E-state index contributed by atoms with van der Waals surface area (Å²) in [7, 11) is 0.794. The molecule has 2 rings (SSSR count). The molecular formula is C13H19N3SSi. The van der Waals surface area contributed by atoms with Crippen molar-refractivity contribution in [2.24, 2.45) is 7.05 Å². The quantitative estimate of drug-likeness (QED) is 0.636. The van der Waals surface area contributed by atoms with Crippen LogP contribution in [0.4, 0.5) is 0 Å². The summed E-state index contributed by atoms with van der Waals surface area (Å²) in [6.07, 6.45) is 1.73. The van der Waals surface area contributed by atoms with Gasteiger partial charge in [-0.1, -0.05) is 60.9 Å². The van der Waals surface area contributed by atoms with Crippen LogP contribution in [0.1, 0.15) is 5.56 Å². The summed E-state index contributed by atoms with van der Waals surface area (Å²) in [6.45, 7) is 7.11. The second-order valence-corrected chi connectivity index (χ2v) is 11.5. The highest BCUT2D eigenvalue weighted by atomic mass is 32.2. The lowest BCUT2D eigenvalue weighted by Crippen LogP contribution is -2.37. The molecule has 0 amide bonds. The molecule has 0 spiro atoms. The third-order valence-corrected chi connectivity index (χ3v) is 6.03. The molecule has 0 bridgehead atoms. The number of hydrogen-bond acceptors (Lipinski definition) is 3. The van der Waals surface area contributed by atoms with Gasteiger partial charge in [0.15, 0.2) is 5.16 Å². The molecule has 0 aliphatic carbocycles. The van der Waals surface area contributed by atoms with Crippen LogP contribution in [0.5, 0.6) is 0 Å². The molecule has 0 fully saturated rings. The molecule has 1 heterocycles. The molecule has 0 saturated carbocycles. The molecular weight excluding hydrogens is 258 g/mol. The normalized spacial score (nSPS) is 11.8. The van der Waals surface area contributed by atoms with Gasteiger partial charge in [0.05, 0.1) is 8.07 Å². The summed E-state index contributed by atoms with van der Waals surface area (Å²) in [5.41, 5.74) is 1.34. The van der Waals surface area contributed by atoms with E-state index in [1.165, 1.54) is 10.8 Å². The van der Waals surface area contributed by atoms with E-state index in [-0.39, 0.29) is 0 Å². The SMILES string of the molecule is Cn1cnnc1SCc1ccc([Si](C)(C)C)cc1. The second kappa shape index (κ2) is 5.28. The first kappa shape index (κ1) is 13.4. The van der Waals surface area contributed by atoms with E-state index < -0.39 is 8.07 Å². The van der Waals surface area contributed by atoms with Crippen molar-refractivity contribution in [2.45, 2.75) is 30.6 Å². The van der Waals surface area contributed by atoms with Crippen LogP contribution in [0.25, 0.3) is 0 Å². The summed E-state index contributed by atoms with van der Waals surface area (Å²) in [4.78, 5) is 0. The van der Waals surface area contributed by atoms with Crippen LogP contribution >= 0.6 is 11.8 Å². The highest BCUT2D eigenvalue weighted by molar-refractivity contribution is 7.98. The van der Waals surface area contributed by atoms with E-state index >= 15 is 0 Å². The van der Waals surface area contributed by atoms with Crippen LogP contribution < -0.4 is 5.19 Å². The summed E-state index contributed by atoms with van der Waals surface area (Å²) >= 11 is 1.72. The molecule has 0 atom stereocenters. The molecule has 3 nitrogen and oxygen atoms in total. The van der Waals surface area contributed by atoms with Crippen molar-refractivity contribution in [3.63, 3.8) is 0 Å². The standard InChI is InChI=1S/C13H19N3SSi/c1-16-10-14-15-13(16)17-9-11-5-7-12(8-6-11)18(2,3)4/h5-8,10H,9H2,1-4H3. The number of aromatic nitrogens is 3. The fourth-order valence-electron chi connectivity index (χ4n) is 1.65. The predicted molar refractivity (Wildman–Crippen MR) is 80.0 cm³/mol. The Morgan fingerprint density at radius 2 is 1.83 bits per heavy atom. The van der Waals surface area contributed by atoms with Crippen LogP contribution in [-0.4, -0.2) is 22.8 Å². The van der Waals surface area contributed by atoms with Gasteiger partial charge in [-0.2, -0.15) is 0 Å². The Morgan fingerprint density at radius 1 is 1.17 bits per heavy atom. The Morgan fingerprint density at radius 3 is 2.33 bits per heavy atom. The Kier molecular flexibility index (Phi) is 3.92. The number of aryl methyl sites for hydroxylation is 1. The van der Waals surface area contributed by atoms with Crippen molar-refractivity contribution in [1.82, 2.24) is 14.8 Å². The van der Waals surface area contributed by atoms with Gasteiger partial charge in [0.25, 0.3) is 0 Å². The van der Waals surface area contributed by atoms with Crippen LogP contribution in [0.2, 0.25) is 19.6 Å². The fraction of sp³-hybridized carbons (Fsp3) is 0.385. The fourth-order valence-corrected chi connectivity index (χ4v) is 3.66. The van der Waals surface area contributed by atoms with Crippen molar-refractivity contribution in [3.05, 3.63) is 36.2 Å².